The summed E-state index contributed by atoms with van der Waals surface area (Å²) in [5.41, 5.74) is 2.26. The van der Waals surface area contributed by atoms with E-state index in [1.807, 2.05) is 0 Å². The van der Waals surface area contributed by atoms with Crippen molar-refractivity contribution >= 4 is 15.9 Å². The molecule has 0 aromatic rings. The van der Waals surface area contributed by atoms with E-state index in [0.717, 1.165) is 17.2 Å². The minimum atomic E-state index is 0.609. The van der Waals surface area contributed by atoms with Crippen LogP contribution in [0.5, 0.6) is 0 Å². The molecule has 0 aliphatic heterocycles. The van der Waals surface area contributed by atoms with Crippen LogP contribution in [-0.4, -0.2) is 5.33 Å². The summed E-state index contributed by atoms with van der Waals surface area (Å²) >= 11 is 3.56. The van der Waals surface area contributed by atoms with Crippen molar-refractivity contribution < 1.29 is 0 Å². The molecule has 1 heteroatoms. The smallest absolute Gasteiger partial charge is 0.0244 e. The monoisotopic (exact) mass is 214 g/mol. The second kappa shape index (κ2) is 2.35. The summed E-state index contributed by atoms with van der Waals surface area (Å²) in [6.45, 7) is 4.84. The van der Waals surface area contributed by atoms with Gasteiger partial charge >= 0.3 is 0 Å². The number of allylic oxidation sites excluding steroid dienone is 2. The number of hydrogen-bond donors (Lipinski definition) is 0. The van der Waals surface area contributed by atoms with E-state index in [1.54, 1.807) is 5.57 Å². The molecule has 0 spiro atoms. The molecule has 0 N–H and O–H groups in total. The molecule has 62 valence electrons. The Labute approximate surface area is 77.2 Å². The SMILES string of the molecule is CC1(C)[C@H]2CC=C(CBr)[C@H]1C2. The molecule has 0 radical (unpaired) electrons. The fourth-order valence-corrected chi connectivity index (χ4v) is 3.25. The maximum Gasteiger partial charge on any atom is 0.0244 e. The molecule has 0 heterocycles. The zero-order valence-corrected chi connectivity index (χ0v) is 8.82. The van der Waals surface area contributed by atoms with Crippen molar-refractivity contribution in [3.63, 3.8) is 0 Å². The van der Waals surface area contributed by atoms with E-state index in [9.17, 15) is 0 Å². The van der Waals surface area contributed by atoms with Crippen molar-refractivity contribution in [1.29, 1.82) is 0 Å². The van der Waals surface area contributed by atoms with Gasteiger partial charge < -0.3 is 0 Å². The molecule has 0 unspecified atom stereocenters. The van der Waals surface area contributed by atoms with Crippen LogP contribution >= 0.6 is 15.9 Å². The second-order valence-electron chi connectivity index (χ2n) is 4.45. The van der Waals surface area contributed by atoms with Crippen molar-refractivity contribution in [2.75, 3.05) is 5.33 Å². The first-order chi connectivity index (χ1) is 5.16. The van der Waals surface area contributed by atoms with Crippen LogP contribution in [0, 0.1) is 17.3 Å². The maximum atomic E-state index is 3.56. The molecule has 0 saturated heterocycles. The quantitative estimate of drug-likeness (QED) is 0.464. The Hall–Kier alpha value is 0.220. The lowest BCUT2D eigenvalue weighted by molar-refractivity contribution is -0.00526. The van der Waals surface area contributed by atoms with E-state index >= 15 is 0 Å². The number of alkyl halides is 1. The van der Waals surface area contributed by atoms with E-state index < -0.39 is 0 Å². The van der Waals surface area contributed by atoms with Gasteiger partial charge in [0.15, 0.2) is 0 Å². The molecule has 3 rings (SSSR count). The van der Waals surface area contributed by atoms with Gasteiger partial charge in [-0.05, 0) is 30.1 Å². The molecular weight excluding hydrogens is 200 g/mol. The van der Waals surface area contributed by atoms with Gasteiger partial charge in [0.1, 0.15) is 0 Å². The molecule has 3 aliphatic carbocycles. The summed E-state index contributed by atoms with van der Waals surface area (Å²) in [6, 6.07) is 0. The molecule has 3 aliphatic rings. The van der Waals surface area contributed by atoms with Gasteiger partial charge in [0.05, 0.1) is 0 Å². The highest BCUT2D eigenvalue weighted by Gasteiger charge is 2.50. The van der Waals surface area contributed by atoms with Gasteiger partial charge in [-0.3, -0.25) is 0 Å². The lowest BCUT2D eigenvalue weighted by atomic mass is 9.49. The predicted octanol–water partition coefficient (Wildman–Crippen LogP) is 3.37. The van der Waals surface area contributed by atoms with Crippen LogP contribution in [0.25, 0.3) is 0 Å². The molecule has 1 saturated carbocycles. The molecule has 0 nitrogen and oxygen atoms in total. The van der Waals surface area contributed by atoms with Crippen LogP contribution < -0.4 is 0 Å². The Morgan fingerprint density at radius 1 is 1.64 bits per heavy atom. The zero-order chi connectivity index (χ0) is 8.06. The molecule has 0 aromatic heterocycles. The van der Waals surface area contributed by atoms with Crippen LogP contribution in [0.15, 0.2) is 11.6 Å². The standard InChI is InChI=1S/C10H15Br/c1-10(2)8-4-3-7(6-11)9(10)5-8/h3,8-9H,4-6H2,1-2H3/t8-,9+/m0/s1. The van der Waals surface area contributed by atoms with Gasteiger partial charge in [-0.15, -0.1) is 0 Å². The fraction of sp³-hybridized carbons (Fsp3) is 0.800. The molecule has 2 atom stereocenters. The Bertz CT molecular complexity index is 203. The third-order valence-electron chi connectivity index (χ3n) is 3.74. The van der Waals surface area contributed by atoms with Gasteiger partial charge in [0.25, 0.3) is 0 Å². The lowest BCUT2D eigenvalue weighted by Gasteiger charge is -2.56. The van der Waals surface area contributed by atoms with Crippen molar-refractivity contribution in [3.05, 3.63) is 11.6 Å². The zero-order valence-electron chi connectivity index (χ0n) is 7.23. The van der Waals surface area contributed by atoms with Crippen molar-refractivity contribution in [2.45, 2.75) is 26.7 Å². The van der Waals surface area contributed by atoms with Crippen molar-refractivity contribution in [1.82, 2.24) is 0 Å². The Morgan fingerprint density at radius 2 is 2.36 bits per heavy atom. The molecule has 2 bridgehead atoms. The molecule has 0 amide bonds. The molecule has 1 fully saturated rings. The highest BCUT2D eigenvalue weighted by molar-refractivity contribution is 9.09. The van der Waals surface area contributed by atoms with E-state index in [0.29, 0.717) is 5.41 Å². The van der Waals surface area contributed by atoms with Gasteiger partial charge in [0.2, 0.25) is 0 Å². The first kappa shape index (κ1) is 7.85. The van der Waals surface area contributed by atoms with Crippen LogP contribution in [-0.2, 0) is 0 Å². The Morgan fingerprint density at radius 3 is 2.73 bits per heavy atom. The number of halogens is 1. The predicted molar refractivity (Wildman–Crippen MR) is 51.9 cm³/mol. The molecular formula is C10H15Br. The largest absolute Gasteiger partial charge is 0.0880 e. The van der Waals surface area contributed by atoms with E-state index in [-0.39, 0.29) is 0 Å². The Kier molecular flexibility index (Phi) is 1.68. The molecule has 11 heavy (non-hydrogen) atoms. The first-order valence-electron chi connectivity index (χ1n) is 4.41. The first-order valence-corrected chi connectivity index (χ1v) is 5.53. The van der Waals surface area contributed by atoms with Crippen LogP contribution in [0.1, 0.15) is 26.7 Å². The summed E-state index contributed by atoms with van der Waals surface area (Å²) in [5, 5.41) is 1.09. The van der Waals surface area contributed by atoms with E-state index in [4.69, 9.17) is 0 Å². The summed E-state index contributed by atoms with van der Waals surface area (Å²) in [7, 11) is 0. The fourth-order valence-electron chi connectivity index (χ4n) is 2.63. The van der Waals surface area contributed by atoms with Crippen LogP contribution in [0.4, 0.5) is 0 Å². The number of rotatable bonds is 1. The van der Waals surface area contributed by atoms with Crippen LogP contribution in [0.2, 0.25) is 0 Å². The normalized spacial score (nSPS) is 39.4. The van der Waals surface area contributed by atoms with Gasteiger partial charge in [-0.2, -0.15) is 0 Å². The molecule has 0 aromatic carbocycles. The van der Waals surface area contributed by atoms with Crippen LogP contribution in [0.3, 0.4) is 0 Å². The van der Waals surface area contributed by atoms with Crippen molar-refractivity contribution in [2.24, 2.45) is 17.3 Å². The third-order valence-corrected chi connectivity index (χ3v) is 4.38. The number of fused-ring (bicyclic) bond motifs is 1. The lowest BCUT2D eigenvalue weighted by Crippen LogP contribution is -2.48. The average molecular weight is 215 g/mol. The summed E-state index contributed by atoms with van der Waals surface area (Å²) in [5.74, 6) is 1.87. The van der Waals surface area contributed by atoms with Gasteiger partial charge in [-0.25, -0.2) is 0 Å². The summed E-state index contributed by atoms with van der Waals surface area (Å²) in [6.07, 6.45) is 5.22. The van der Waals surface area contributed by atoms with E-state index in [1.165, 1.54) is 12.8 Å². The minimum absolute atomic E-state index is 0.609. The van der Waals surface area contributed by atoms with Gasteiger partial charge in [0, 0.05) is 5.33 Å². The third kappa shape index (κ3) is 0.932. The topological polar surface area (TPSA) is 0 Å². The highest BCUT2D eigenvalue weighted by Crippen LogP contribution is 2.59. The number of hydrogen-bond acceptors (Lipinski definition) is 0. The summed E-state index contributed by atoms with van der Waals surface area (Å²) < 4.78 is 0. The minimum Gasteiger partial charge on any atom is -0.0880 e. The summed E-state index contributed by atoms with van der Waals surface area (Å²) in [4.78, 5) is 0. The second-order valence-corrected chi connectivity index (χ2v) is 5.02. The Balaban J connectivity index is 2.23. The van der Waals surface area contributed by atoms with E-state index in [2.05, 4.69) is 35.9 Å². The maximum absolute atomic E-state index is 3.56. The van der Waals surface area contributed by atoms with Crippen molar-refractivity contribution in [3.8, 4) is 0 Å². The van der Waals surface area contributed by atoms with Gasteiger partial charge in [-0.1, -0.05) is 41.4 Å². The highest BCUT2D eigenvalue weighted by atomic mass is 79.9. The average Bonchev–Trinajstić information content (AvgIpc) is 2.04.